The van der Waals surface area contributed by atoms with Gasteiger partial charge in [0.25, 0.3) is 0 Å². The molecular formula is C21H30GeINO. The molecule has 136 valence electrons. The van der Waals surface area contributed by atoms with Crippen molar-refractivity contribution in [3.63, 3.8) is 0 Å². The summed E-state index contributed by atoms with van der Waals surface area (Å²) in [6.07, 6.45) is 4.09. The van der Waals surface area contributed by atoms with E-state index in [4.69, 9.17) is 0 Å². The second-order valence-corrected chi connectivity index (χ2v) is 16.2. The topological polar surface area (TPSA) is 20.2 Å². The zero-order valence-corrected chi connectivity index (χ0v) is 19.5. The third kappa shape index (κ3) is 4.87. The van der Waals surface area contributed by atoms with Crippen LogP contribution in [0.2, 0.25) is 5.25 Å². The Hall–Kier alpha value is -0.367. The van der Waals surface area contributed by atoms with E-state index in [1.54, 1.807) is 0 Å². The van der Waals surface area contributed by atoms with Crippen molar-refractivity contribution in [2.24, 2.45) is 0 Å². The number of hydrogen-bond donors (Lipinski definition) is 1. The van der Waals surface area contributed by atoms with Gasteiger partial charge in [-0.3, -0.25) is 0 Å². The molecule has 2 nitrogen and oxygen atoms in total. The molecule has 1 aliphatic rings. The zero-order chi connectivity index (χ0) is 16.9. The standard InChI is InChI=1S/C21H30GeNO.HI/c1-23(16-9-4-10-17-23)18-15-22(19-24,20-11-5-2-6-12-20)21-13-7-3-8-14-21;/h2-3,5-8,11-14,24H,4,9-10,15-19H2,1H3;1H/q+1;/p-1. The van der Waals surface area contributed by atoms with Crippen LogP contribution in [0.3, 0.4) is 0 Å². The Morgan fingerprint density at radius 1 is 0.840 bits per heavy atom. The first-order valence-electron chi connectivity index (χ1n) is 9.24. The molecule has 0 atom stereocenters. The first-order valence-corrected chi connectivity index (χ1v) is 14.3. The van der Waals surface area contributed by atoms with Crippen LogP contribution in [-0.4, -0.2) is 55.0 Å². The van der Waals surface area contributed by atoms with Crippen LogP contribution in [0.4, 0.5) is 0 Å². The van der Waals surface area contributed by atoms with Gasteiger partial charge in [-0.1, -0.05) is 0 Å². The minimum Gasteiger partial charge on any atom is -1.00 e. The number of benzene rings is 2. The molecule has 0 aromatic heterocycles. The van der Waals surface area contributed by atoms with E-state index >= 15 is 0 Å². The first kappa shape index (κ1) is 20.9. The van der Waals surface area contributed by atoms with E-state index in [0.29, 0.717) is 5.44 Å². The average molecular weight is 512 g/mol. The number of hydrogen-bond acceptors (Lipinski definition) is 1. The maximum Gasteiger partial charge on any atom is -1.00 e. The van der Waals surface area contributed by atoms with E-state index in [1.807, 2.05) is 0 Å². The maximum absolute atomic E-state index is 10.6. The van der Waals surface area contributed by atoms with E-state index in [1.165, 1.54) is 57.4 Å². The fourth-order valence-electron chi connectivity index (χ4n) is 4.19. The van der Waals surface area contributed by atoms with Crippen LogP contribution >= 0.6 is 0 Å². The number of piperidine rings is 1. The maximum atomic E-state index is 10.6. The van der Waals surface area contributed by atoms with Crippen LogP contribution < -0.4 is 32.8 Å². The number of rotatable bonds is 6. The van der Waals surface area contributed by atoms with Crippen LogP contribution in [0.1, 0.15) is 19.3 Å². The van der Waals surface area contributed by atoms with Crippen molar-refractivity contribution >= 4 is 22.1 Å². The van der Waals surface area contributed by atoms with Crippen molar-refractivity contribution in [1.82, 2.24) is 0 Å². The monoisotopic (exact) mass is 513 g/mol. The minimum atomic E-state index is -2.75. The summed E-state index contributed by atoms with van der Waals surface area (Å²) in [4.78, 5) is 0. The van der Waals surface area contributed by atoms with Crippen molar-refractivity contribution in [1.29, 1.82) is 0 Å². The van der Waals surface area contributed by atoms with Gasteiger partial charge in [0.2, 0.25) is 0 Å². The van der Waals surface area contributed by atoms with E-state index < -0.39 is 13.3 Å². The van der Waals surface area contributed by atoms with Crippen molar-refractivity contribution in [2.45, 2.75) is 24.5 Å². The van der Waals surface area contributed by atoms with Crippen molar-refractivity contribution < 1.29 is 33.6 Å². The van der Waals surface area contributed by atoms with E-state index in [2.05, 4.69) is 67.7 Å². The molecule has 1 heterocycles. The summed E-state index contributed by atoms with van der Waals surface area (Å²) in [6.45, 7) is 3.80. The number of halogens is 1. The number of likely N-dealkylation sites (tertiary alicyclic amines) is 1. The average Bonchev–Trinajstić information content (AvgIpc) is 2.65. The summed E-state index contributed by atoms with van der Waals surface area (Å²) in [7, 11) is 2.42. The van der Waals surface area contributed by atoms with Crippen molar-refractivity contribution in [3.8, 4) is 0 Å². The van der Waals surface area contributed by atoms with Gasteiger partial charge < -0.3 is 24.0 Å². The Kier molecular flexibility index (Phi) is 7.99. The molecular weight excluding hydrogens is 482 g/mol. The van der Waals surface area contributed by atoms with Gasteiger partial charge in [0.15, 0.2) is 0 Å². The Balaban J connectivity index is 0.00000225. The smallest absolute Gasteiger partial charge is 1.00 e. The van der Waals surface area contributed by atoms with Gasteiger partial charge in [-0.05, 0) is 0 Å². The van der Waals surface area contributed by atoms with Gasteiger partial charge >= 0.3 is 149 Å². The summed E-state index contributed by atoms with van der Waals surface area (Å²) in [5, 5.41) is 11.7. The Labute approximate surface area is 172 Å². The Bertz CT molecular complexity index is 589. The molecule has 0 amide bonds. The largest absolute Gasteiger partial charge is 1.00 e. The van der Waals surface area contributed by atoms with Crippen LogP contribution in [0, 0.1) is 0 Å². The molecule has 1 N–H and O–H groups in total. The molecule has 0 bridgehead atoms. The number of aliphatic hydroxyl groups excluding tert-OH is 1. The van der Waals surface area contributed by atoms with E-state index in [9.17, 15) is 5.11 Å². The van der Waals surface area contributed by atoms with Gasteiger partial charge in [-0.25, -0.2) is 0 Å². The molecule has 0 radical (unpaired) electrons. The molecule has 3 rings (SSSR count). The third-order valence-electron chi connectivity index (χ3n) is 5.90. The van der Waals surface area contributed by atoms with Crippen LogP contribution in [0.5, 0.6) is 0 Å². The molecule has 1 aliphatic heterocycles. The number of quaternary nitrogens is 1. The van der Waals surface area contributed by atoms with E-state index in [-0.39, 0.29) is 24.0 Å². The molecule has 25 heavy (non-hydrogen) atoms. The third-order valence-corrected chi connectivity index (χ3v) is 15.3. The predicted octanol–water partition coefficient (Wildman–Crippen LogP) is -0.584. The van der Waals surface area contributed by atoms with E-state index in [0.717, 1.165) is 0 Å². The fourth-order valence-corrected chi connectivity index (χ4v) is 12.6. The molecule has 1 saturated heterocycles. The second kappa shape index (κ2) is 9.53. The van der Waals surface area contributed by atoms with Crippen LogP contribution in [-0.2, 0) is 0 Å². The Morgan fingerprint density at radius 2 is 1.32 bits per heavy atom. The van der Waals surface area contributed by atoms with Crippen LogP contribution in [0.15, 0.2) is 60.7 Å². The minimum absolute atomic E-state index is 0. The van der Waals surface area contributed by atoms with Gasteiger partial charge in [0, 0.05) is 0 Å². The zero-order valence-electron chi connectivity index (χ0n) is 15.2. The SMILES string of the molecule is C[N+]1(C[CH2][Ge]([CH2]O)([c]2ccccc2)[c]2ccccc2)CCCCC1.[I-]. The predicted molar refractivity (Wildman–Crippen MR) is 104 cm³/mol. The summed E-state index contributed by atoms with van der Waals surface area (Å²) in [5.74, 6) is 0. The number of aliphatic hydroxyl groups is 1. The fraction of sp³-hybridized carbons (Fsp3) is 0.429. The number of nitrogens with zero attached hydrogens (tertiary/aromatic N) is 1. The molecule has 0 aliphatic carbocycles. The molecule has 0 unspecified atom stereocenters. The summed E-state index contributed by atoms with van der Waals surface area (Å²) < 4.78 is 4.01. The second-order valence-electron chi connectivity index (χ2n) is 7.57. The normalized spacial score (nSPS) is 16.9. The van der Waals surface area contributed by atoms with Crippen molar-refractivity contribution in [2.75, 3.05) is 32.1 Å². The van der Waals surface area contributed by atoms with Gasteiger partial charge in [0.05, 0.1) is 0 Å². The molecule has 0 saturated carbocycles. The molecule has 2 aromatic carbocycles. The summed E-state index contributed by atoms with van der Waals surface area (Å²) >= 11 is -2.75. The van der Waals surface area contributed by atoms with Crippen LogP contribution in [0.25, 0.3) is 0 Å². The molecule has 0 spiro atoms. The summed E-state index contributed by atoms with van der Waals surface area (Å²) in [6, 6.07) is 21.7. The van der Waals surface area contributed by atoms with Gasteiger partial charge in [0.1, 0.15) is 0 Å². The van der Waals surface area contributed by atoms with Gasteiger partial charge in [-0.2, -0.15) is 0 Å². The van der Waals surface area contributed by atoms with Crippen molar-refractivity contribution in [3.05, 3.63) is 60.7 Å². The Morgan fingerprint density at radius 3 is 1.76 bits per heavy atom. The molecule has 4 heteroatoms. The molecule has 2 aromatic rings. The molecule has 1 fully saturated rings. The van der Waals surface area contributed by atoms with Gasteiger partial charge in [-0.15, -0.1) is 0 Å². The first-order chi connectivity index (χ1) is 11.7. The summed E-state index contributed by atoms with van der Waals surface area (Å²) in [5.41, 5.74) is 0.341. The quantitative estimate of drug-likeness (QED) is 0.312.